The maximum absolute atomic E-state index is 11.7. The second kappa shape index (κ2) is 7.07. The summed E-state index contributed by atoms with van der Waals surface area (Å²) in [4.78, 5) is 16.4. The van der Waals surface area contributed by atoms with E-state index in [1.807, 2.05) is 0 Å². The van der Waals surface area contributed by atoms with E-state index >= 15 is 0 Å². The first kappa shape index (κ1) is 13.8. The second-order valence-electron chi connectivity index (χ2n) is 5.02. The molecule has 0 aromatic carbocycles. The SMILES string of the molecule is COC(=O)C1CCCCN1CCN1CCOCC1. The summed E-state index contributed by atoms with van der Waals surface area (Å²) < 4.78 is 10.2. The Morgan fingerprint density at radius 3 is 2.72 bits per heavy atom. The minimum Gasteiger partial charge on any atom is -0.468 e. The van der Waals surface area contributed by atoms with Crippen molar-refractivity contribution in [2.24, 2.45) is 0 Å². The highest BCUT2D eigenvalue weighted by atomic mass is 16.5. The lowest BCUT2D eigenvalue weighted by atomic mass is 10.0. The van der Waals surface area contributed by atoms with Gasteiger partial charge in [-0.15, -0.1) is 0 Å². The van der Waals surface area contributed by atoms with Crippen molar-refractivity contribution >= 4 is 5.97 Å². The van der Waals surface area contributed by atoms with Gasteiger partial charge in [-0.3, -0.25) is 14.6 Å². The van der Waals surface area contributed by atoms with Gasteiger partial charge in [-0.25, -0.2) is 0 Å². The van der Waals surface area contributed by atoms with Gasteiger partial charge in [0.15, 0.2) is 0 Å². The van der Waals surface area contributed by atoms with Gasteiger partial charge in [0.25, 0.3) is 0 Å². The summed E-state index contributed by atoms with van der Waals surface area (Å²) in [5.41, 5.74) is 0. The van der Waals surface area contributed by atoms with E-state index in [4.69, 9.17) is 9.47 Å². The molecule has 1 atom stereocenters. The highest BCUT2D eigenvalue weighted by Crippen LogP contribution is 2.17. The third-order valence-electron chi connectivity index (χ3n) is 3.89. The van der Waals surface area contributed by atoms with Crippen LogP contribution in [-0.2, 0) is 14.3 Å². The Labute approximate surface area is 109 Å². The van der Waals surface area contributed by atoms with Crippen molar-refractivity contribution in [3.63, 3.8) is 0 Å². The number of likely N-dealkylation sites (tertiary alicyclic amines) is 1. The van der Waals surface area contributed by atoms with Crippen molar-refractivity contribution in [2.75, 3.05) is 53.0 Å². The number of hydrogen-bond acceptors (Lipinski definition) is 5. The van der Waals surface area contributed by atoms with E-state index in [2.05, 4.69) is 9.80 Å². The highest BCUT2D eigenvalue weighted by molar-refractivity contribution is 5.75. The number of hydrogen-bond donors (Lipinski definition) is 0. The van der Waals surface area contributed by atoms with Crippen LogP contribution in [0.3, 0.4) is 0 Å². The van der Waals surface area contributed by atoms with Crippen LogP contribution in [-0.4, -0.2) is 74.9 Å². The van der Waals surface area contributed by atoms with Gasteiger partial charge < -0.3 is 9.47 Å². The first-order chi connectivity index (χ1) is 8.81. The number of piperidine rings is 1. The number of methoxy groups -OCH3 is 1. The van der Waals surface area contributed by atoms with Gasteiger partial charge >= 0.3 is 5.97 Å². The molecule has 0 N–H and O–H groups in total. The molecule has 2 aliphatic heterocycles. The topological polar surface area (TPSA) is 42.0 Å². The molecule has 0 aromatic rings. The minimum absolute atomic E-state index is 0.0233. The molecule has 2 rings (SSSR count). The van der Waals surface area contributed by atoms with Crippen molar-refractivity contribution in [1.82, 2.24) is 9.80 Å². The van der Waals surface area contributed by atoms with Crippen LogP contribution in [0.4, 0.5) is 0 Å². The van der Waals surface area contributed by atoms with Crippen molar-refractivity contribution < 1.29 is 14.3 Å². The Morgan fingerprint density at radius 1 is 1.22 bits per heavy atom. The fourth-order valence-electron chi connectivity index (χ4n) is 2.76. The van der Waals surface area contributed by atoms with Crippen molar-refractivity contribution in [3.8, 4) is 0 Å². The quantitative estimate of drug-likeness (QED) is 0.679. The average molecular weight is 256 g/mol. The molecule has 2 fully saturated rings. The average Bonchev–Trinajstić information content (AvgIpc) is 2.45. The fourth-order valence-corrected chi connectivity index (χ4v) is 2.76. The van der Waals surface area contributed by atoms with E-state index in [1.54, 1.807) is 0 Å². The van der Waals surface area contributed by atoms with E-state index < -0.39 is 0 Å². The van der Waals surface area contributed by atoms with Gasteiger partial charge in [-0.1, -0.05) is 6.42 Å². The number of nitrogens with zero attached hydrogens (tertiary/aromatic N) is 2. The molecule has 0 saturated carbocycles. The molecule has 0 aromatic heterocycles. The summed E-state index contributed by atoms with van der Waals surface area (Å²) in [6.07, 6.45) is 3.26. The van der Waals surface area contributed by atoms with Gasteiger partial charge in [0, 0.05) is 26.2 Å². The number of ether oxygens (including phenoxy) is 2. The molecule has 2 aliphatic rings. The number of carbonyl (C=O) groups is 1. The third kappa shape index (κ3) is 3.67. The largest absolute Gasteiger partial charge is 0.468 e. The van der Waals surface area contributed by atoms with Crippen LogP contribution in [0.1, 0.15) is 19.3 Å². The molecule has 0 bridgehead atoms. The summed E-state index contributed by atoms with van der Waals surface area (Å²) in [5, 5.41) is 0. The van der Waals surface area contributed by atoms with Gasteiger partial charge in [-0.05, 0) is 19.4 Å². The van der Waals surface area contributed by atoms with Crippen LogP contribution in [0.15, 0.2) is 0 Å². The minimum atomic E-state index is -0.0725. The molecule has 5 nitrogen and oxygen atoms in total. The monoisotopic (exact) mass is 256 g/mol. The Balaban J connectivity index is 1.79. The predicted octanol–water partition coefficient (Wildman–Crippen LogP) is 0.346. The zero-order valence-electron chi connectivity index (χ0n) is 11.3. The summed E-state index contributed by atoms with van der Waals surface area (Å²) in [7, 11) is 1.48. The number of rotatable bonds is 4. The lowest BCUT2D eigenvalue weighted by molar-refractivity contribution is -0.148. The molecule has 0 spiro atoms. The Hall–Kier alpha value is -0.650. The van der Waals surface area contributed by atoms with E-state index in [0.29, 0.717) is 0 Å². The maximum atomic E-state index is 11.7. The molecular weight excluding hydrogens is 232 g/mol. The van der Waals surface area contributed by atoms with E-state index in [0.717, 1.165) is 58.8 Å². The summed E-state index contributed by atoms with van der Waals surface area (Å²) in [6, 6.07) is -0.0233. The molecule has 18 heavy (non-hydrogen) atoms. The normalized spacial score (nSPS) is 27.1. The lowest BCUT2D eigenvalue weighted by Crippen LogP contribution is -2.49. The van der Waals surface area contributed by atoms with Crippen molar-refractivity contribution in [1.29, 1.82) is 0 Å². The zero-order valence-corrected chi connectivity index (χ0v) is 11.3. The molecule has 0 amide bonds. The summed E-state index contributed by atoms with van der Waals surface area (Å²) in [5.74, 6) is -0.0725. The lowest BCUT2D eigenvalue weighted by Gasteiger charge is -2.36. The van der Waals surface area contributed by atoms with Gasteiger partial charge in [-0.2, -0.15) is 0 Å². The molecule has 5 heteroatoms. The van der Waals surface area contributed by atoms with E-state index in [1.165, 1.54) is 13.5 Å². The van der Waals surface area contributed by atoms with Crippen LogP contribution >= 0.6 is 0 Å². The zero-order chi connectivity index (χ0) is 12.8. The summed E-state index contributed by atoms with van der Waals surface area (Å²) >= 11 is 0. The third-order valence-corrected chi connectivity index (χ3v) is 3.89. The van der Waals surface area contributed by atoms with Crippen molar-refractivity contribution in [3.05, 3.63) is 0 Å². The Kier molecular flexibility index (Phi) is 5.41. The number of carbonyl (C=O) groups excluding carboxylic acids is 1. The Bertz CT molecular complexity index is 267. The highest BCUT2D eigenvalue weighted by Gasteiger charge is 2.29. The van der Waals surface area contributed by atoms with Crippen LogP contribution in [0.2, 0.25) is 0 Å². The number of morpholine rings is 1. The van der Waals surface area contributed by atoms with E-state index in [-0.39, 0.29) is 12.0 Å². The van der Waals surface area contributed by atoms with Crippen LogP contribution in [0, 0.1) is 0 Å². The van der Waals surface area contributed by atoms with Gasteiger partial charge in [0.1, 0.15) is 6.04 Å². The fraction of sp³-hybridized carbons (Fsp3) is 0.923. The van der Waals surface area contributed by atoms with Crippen LogP contribution in [0.5, 0.6) is 0 Å². The standard InChI is InChI=1S/C13H24N2O3/c1-17-13(16)12-4-2-3-5-15(12)7-6-14-8-10-18-11-9-14/h12H,2-11H2,1H3. The van der Waals surface area contributed by atoms with Crippen LogP contribution in [0.25, 0.3) is 0 Å². The molecule has 1 unspecified atom stereocenters. The van der Waals surface area contributed by atoms with Gasteiger partial charge in [0.05, 0.1) is 20.3 Å². The van der Waals surface area contributed by atoms with E-state index in [9.17, 15) is 4.79 Å². The molecule has 2 saturated heterocycles. The molecular formula is C13H24N2O3. The molecule has 0 radical (unpaired) electrons. The van der Waals surface area contributed by atoms with Crippen molar-refractivity contribution in [2.45, 2.75) is 25.3 Å². The molecule has 0 aliphatic carbocycles. The first-order valence-corrected chi connectivity index (χ1v) is 6.93. The predicted molar refractivity (Wildman–Crippen MR) is 68.5 cm³/mol. The summed E-state index contributed by atoms with van der Waals surface area (Å²) in [6.45, 7) is 6.69. The smallest absolute Gasteiger partial charge is 0.323 e. The Morgan fingerprint density at radius 2 is 2.00 bits per heavy atom. The molecule has 104 valence electrons. The second-order valence-corrected chi connectivity index (χ2v) is 5.02. The van der Waals surface area contributed by atoms with Gasteiger partial charge in [0.2, 0.25) is 0 Å². The first-order valence-electron chi connectivity index (χ1n) is 6.93. The molecule has 2 heterocycles. The van der Waals surface area contributed by atoms with Crippen LogP contribution < -0.4 is 0 Å². The number of esters is 1. The maximum Gasteiger partial charge on any atom is 0.323 e.